The van der Waals surface area contributed by atoms with Crippen LogP contribution in [0.5, 0.6) is 0 Å². The summed E-state index contributed by atoms with van der Waals surface area (Å²) in [5.74, 6) is 0.719. The molecule has 4 heteroatoms. The van der Waals surface area contributed by atoms with Gasteiger partial charge < -0.3 is 0 Å². The number of rotatable bonds is 0. The Labute approximate surface area is 129 Å². The van der Waals surface area contributed by atoms with E-state index in [-0.39, 0.29) is 10.8 Å². The van der Waals surface area contributed by atoms with Gasteiger partial charge in [-0.15, -0.1) is 46.4 Å². The van der Waals surface area contributed by atoms with E-state index < -0.39 is 8.67 Å². The highest BCUT2D eigenvalue weighted by Crippen LogP contribution is 2.81. The van der Waals surface area contributed by atoms with Crippen LogP contribution in [0.15, 0.2) is 0 Å². The van der Waals surface area contributed by atoms with Gasteiger partial charge in [-0.3, -0.25) is 0 Å². The predicted molar refractivity (Wildman–Crippen MR) is 77.7 cm³/mol. The minimum atomic E-state index is -0.458. The van der Waals surface area contributed by atoms with E-state index in [9.17, 15) is 0 Å². The van der Waals surface area contributed by atoms with Gasteiger partial charge in [0, 0.05) is 10.8 Å². The van der Waals surface area contributed by atoms with Crippen LogP contribution in [0.25, 0.3) is 0 Å². The molecule has 0 radical (unpaired) electrons. The van der Waals surface area contributed by atoms with Crippen LogP contribution in [0.3, 0.4) is 0 Å². The first kappa shape index (κ1) is 12.9. The molecule has 2 unspecified atom stereocenters. The second-order valence-corrected chi connectivity index (χ2v) is 10.9. The van der Waals surface area contributed by atoms with E-state index in [1.165, 1.54) is 19.3 Å². The van der Waals surface area contributed by atoms with Gasteiger partial charge in [-0.25, -0.2) is 0 Å². The van der Waals surface area contributed by atoms with Crippen molar-refractivity contribution in [2.75, 3.05) is 0 Å². The summed E-state index contributed by atoms with van der Waals surface area (Å²) in [5, 5.41) is 0. The summed E-state index contributed by atoms with van der Waals surface area (Å²) in [4.78, 5) is 0. The highest BCUT2D eigenvalue weighted by molar-refractivity contribution is 6.52. The fourth-order valence-electron chi connectivity index (χ4n) is 5.59. The Morgan fingerprint density at radius 2 is 1.11 bits per heavy atom. The third kappa shape index (κ3) is 1.53. The Morgan fingerprint density at radius 3 is 1.39 bits per heavy atom. The Kier molecular flexibility index (Phi) is 2.26. The van der Waals surface area contributed by atoms with E-state index in [0.29, 0.717) is 5.41 Å². The topological polar surface area (TPSA) is 0 Å². The Bertz CT molecular complexity index is 396. The molecule has 2 bridgehead atoms. The molecule has 4 rings (SSSR count). The van der Waals surface area contributed by atoms with Crippen molar-refractivity contribution in [2.45, 2.75) is 60.5 Å². The maximum atomic E-state index is 6.41. The van der Waals surface area contributed by atoms with Crippen LogP contribution >= 0.6 is 46.4 Å². The molecule has 0 amide bonds. The molecule has 4 atom stereocenters. The quantitative estimate of drug-likeness (QED) is 0.499. The molecule has 0 aromatic carbocycles. The van der Waals surface area contributed by atoms with Crippen molar-refractivity contribution in [1.82, 2.24) is 0 Å². The van der Waals surface area contributed by atoms with Crippen molar-refractivity contribution < 1.29 is 0 Å². The summed E-state index contributed by atoms with van der Waals surface area (Å²) in [6.45, 7) is 2.40. The summed E-state index contributed by atoms with van der Waals surface area (Å²) < 4.78 is -0.917. The van der Waals surface area contributed by atoms with Crippen LogP contribution in [0, 0.1) is 22.2 Å². The number of halogens is 4. The number of hydrogen-bond acceptors (Lipinski definition) is 0. The standard InChI is InChI=1S/C14H18Cl4/c1-10-2-9(3-11(5-10)7-13(11,15)16)4-12(6-10)8-14(12,17)18/h9H,2-8H2,1H3/t9?,10?,11-,12+. The molecule has 2 spiro atoms. The van der Waals surface area contributed by atoms with Gasteiger partial charge >= 0.3 is 0 Å². The lowest BCUT2D eigenvalue weighted by atomic mass is 9.55. The van der Waals surface area contributed by atoms with Crippen LogP contribution in [0.1, 0.15) is 51.9 Å². The average Bonchev–Trinajstić information content (AvgIpc) is 2.79. The molecular weight excluding hydrogens is 310 g/mol. The normalized spacial score (nSPS) is 58.8. The zero-order chi connectivity index (χ0) is 13.0. The first-order chi connectivity index (χ1) is 8.11. The van der Waals surface area contributed by atoms with Crippen molar-refractivity contribution >= 4 is 46.4 Å². The molecular formula is C14H18Cl4. The fraction of sp³-hybridized carbons (Fsp3) is 1.00. The van der Waals surface area contributed by atoms with E-state index in [1.54, 1.807) is 0 Å². The zero-order valence-corrected chi connectivity index (χ0v) is 13.6. The van der Waals surface area contributed by atoms with Crippen LogP contribution in [-0.2, 0) is 0 Å². The number of fused-ring (bicyclic) bond motifs is 2. The van der Waals surface area contributed by atoms with Crippen molar-refractivity contribution in [3.05, 3.63) is 0 Å². The number of hydrogen-bond donors (Lipinski definition) is 0. The lowest BCUT2D eigenvalue weighted by Crippen LogP contribution is -2.42. The van der Waals surface area contributed by atoms with Crippen molar-refractivity contribution in [1.29, 1.82) is 0 Å². The maximum absolute atomic E-state index is 6.41. The van der Waals surface area contributed by atoms with E-state index in [1.807, 2.05) is 0 Å². The molecule has 0 nitrogen and oxygen atoms in total. The highest BCUT2D eigenvalue weighted by atomic mass is 35.5. The van der Waals surface area contributed by atoms with Gasteiger partial charge in [-0.1, -0.05) is 6.92 Å². The first-order valence-electron chi connectivity index (χ1n) is 6.87. The second-order valence-electron chi connectivity index (χ2n) is 7.97. The molecule has 4 fully saturated rings. The monoisotopic (exact) mass is 326 g/mol. The molecule has 102 valence electrons. The van der Waals surface area contributed by atoms with Crippen molar-refractivity contribution in [2.24, 2.45) is 22.2 Å². The summed E-state index contributed by atoms with van der Waals surface area (Å²) in [7, 11) is 0. The minimum absolute atomic E-state index is 0.200. The molecule has 0 heterocycles. The Balaban J connectivity index is 1.63. The molecule has 4 aliphatic rings. The van der Waals surface area contributed by atoms with Crippen molar-refractivity contribution in [3.63, 3.8) is 0 Å². The van der Waals surface area contributed by atoms with Gasteiger partial charge in [0.05, 0.1) is 0 Å². The summed E-state index contributed by atoms with van der Waals surface area (Å²) in [5.41, 5.74) is 0.745. The molecule has 4 aliphatic carbocycles. The van der Waals surface area contributed by atoms with Gasteiger partial charge in [0.1, 0.15) is 8.67 Å². The van der Waals surface area contributed by atoms with E-state index in [0.717, 1.165) is 31.6 Å². The molecule has 0 aliphatic heterocycles. The lowest BCUT2D eigenvalue weighted by Gasteiger charge is -2.51. The molecule has 0 aromatic rings. The summed E-state index contributed by atoms with van der Waals surface area (Å²) in [6.07, 6.45) is 7.96. The first-order valence-corrected chi connectivity index (χ1v) is 8.38. The molecule has 0 N–H and O–H groups in total. The van der Waals surface area contributed by atoms with Gasteiger partial charge in [0.2, 0.25) is 0 Å². The SMILES string of the molecule is CC12CC(C[C@]3(C1)CC3(Cl)Cl)C[C@@]1(C2)CC1(Cl)Cl. The third-order valence-corrected chi connectivity index (χ3v) is 8.23. The summed E-state index contributed by atoms with van der Waals surface area (Å²) >= 11 is 25.6. The summed E-state index contributed by atoms with van der Waals surface area (Å²) in [6, 6.07) is 0. The molecule has 18 heavy (non-hydrogen) atoms. The molecule has 0 aromatic heterocycles. The van der Waals surface area contributed by atoms with Crippen LogP contribution in [0.2, 0.25) is 0 Å². The van der Waals surface area contributed by atoms with Gasteiger partial charge in [-0.2, -0.15) is 0 Å². The largest absolute Gasteiger partial charge is 0.124 e. The predicted octanol–water partition coefficient (Wildman–Crippen LogP) is 5.71. The van der Waals surface area contributed by atoms with Gasteiger partial charge in [0.25, 0.3) is 0 Å². The van der Waals surface area contributed by atoms with E-state index >= 15 is 0 Å². The minimum Gasteiger partial charge on any atom is -0.101 e. The zero-order valence-electron chi connectivity index (χ0n) is 10.5. The van der Waals surface area contributed by atoms with Crippen LogP contribution in [0.4, 0.5) is 0 Å². The average molecular weight is 328 g/mol. The van der Waals surface area contributed by atoms with Crippen LogP contribution < -0.4 is 0 Å². The number of alkyl halides is 4. The smallest absolute Gasteiger partial charge is 0.101 e. The van der Waals surface area contributed by atoms with E-state index in [2.05, 4.69) is 6.92 Å². The molecule has 0 saturated heterocycles. The lowest BCUT2D eigenvalue weighted by molar-refractivity contribution is 0.00210. The Hall–Kier alpha value is 1.16. The van der Waals surface area contributed by atoms with Crippen LogP contribution in [-0.4, -0.2) is 8.67 Å². The van der Waals surface area contributed by atoms with Gasteiger partial charge in [0.15, 0.2) is 0 Å². The van der Waals surface area contributed by atoms with E-state index in [4.69, 9.17) is 46.4 Å². The highest BCUT2D eigenvalue weighted by Gasteiger charge is 2.75. The fourth-order valence-corrected chi connectivity index (χ4v) is 7.19. The second kappa shape index (κ2) is 3.16. The maximum Gasteiger partial charge on any atom is 0.124 e. The molecule has 4 saturated carbocycles. The van der Waals surface area contributed by atoms with Gasteiger partial charge in [-0.05, 0) is 56.3 Å². The third-order valence-electron chi connectivity index (χ3n) is 6.09. The Morgan fingerprint density at radius 1 is 0.722 bits per heavy atom. The van der Waals surface area contributed by atoms with Crippen molar-refractivity contribution in [3.8, 4) is 0 Å².